The molecule has 1 amide bonds. The Labute approximate surface area is 184 Å². The number of anilines is 1. The monoisotopic (exact) mass is 414 g/mol. The summed E-state index contributed by atoms with van der Waals surface area (Å²) < 4.78 is 5.76. The zero-order chi connectivity index (χ0) is 22.2. The van der Waals surface area contributed by atoms with Crippen LogP contribution in [0.2, 0.25) is 0 Å². The maximum absolute atomic E-state index is 11.6. The van der Waals surface area contributed by atoms with Crippen molar-refractivity contribution >= 4 is 11.6 Å². The van der Waals surface area contributed by atoms with E-state index in [1.807, 2.05) is 38.1 Å². The molecule has 3 aromatic rings. The number of hydrogen-bond donors (Lipinski definition) is 2. The van der Waals surface area contributed by atoms with Crippen molar-refractivity contribution in [2.75, 3.05) is 5.32 Å². The Morgan fingerprint density at radius 1 is 1.03 bits per heavy atom. The molecule has 1 heterocycles. The predicted molar refractivity (Wildman–Crippen MR) is 127 cm³/mol. The van der Waals surface area contributed by atoms with E-state index in [-0.39, 0.29) is 17.6 Å². The number of nitrogens with one attached hydrogen (secondary N) is 1. The fraction of sp³-hybridized carbons (Fsp3) is 0.296. The average Bonchev–Trinajstić information content (AvgIpc) is 2.73. The first-order valence-corrected chi connectivity index (χ1v) is 10.8. The Hall–Kier alpha value is -3.27. The van der Waals surface area contributed by atoms with Crippen LogP contribution in [-0.2, 0) is 5.41 Å². The van der Waals surface area contributed by atoms with E-state index in [0.717, 1.165) is 23.4 Å². The minimum atomic E-state index is -0.391. The van der Waals surface area contributed by atoms with Gasteiger partial charge in [-0.05, 0) is 84.3 Å². The lowest BCUT2D eigenvalue weighted by Gasteiger charge is -2.39. The fourth-order valence-corrected chi connectivity index (χ4v) is 4.38. The second-order valence-corrected chi connectivity index (χ2v) is 9.23. The van der Waals surface area contributed by atoms with Crippen LogP contribution in [0.4, 0.5) is 5.69 Å². The molecule has 0 spiro atoms. The fourth-order valence-electron chi connectivity index (χ4n) is 4.38. The molecule has 1 aliphatic heterocycles. The molecule has 0 aromatic heterocycles. The quantitative estimate of drug-likeness (QED) is 0.532. The Kier molecular flexibility index (Phi) is 5.48. The third kappa shape index (κ3) is 4.43. The van der Waals surface area contributed by atoms with Gasteiger partial charge in [-0.3, -0.25) is 4.79 Å². The molecule has 160 valence electrons. The summed E-state index contributed by atoms with van der Waals surface area (Å²) in [5, 5.41) is 3.67. The lowest BCUT2D eigenvalue weighted by atomic mass is 9.73. The lowest BCUT2D eigenvalue weighted by Crippen LogP contribution is -2.31. The molecule has 3 aromatic carbocycles. The summed E-state index contributed by atoms with van der Waals surface area (Å²) in [5.41, 5.74) is 11.8. The highest BCUT2D eigenvalue weighted by Crippen LogP contribution is 2.44. The number of primary amides is 1. The predicted octanol–water partition coefficient (Wildman–Crippen LogP) is 6.07. The number of ether oxygens (including phenoxy) is 1. The van der Waals surface area contributed by atoms with E-state index < -0.39 is 5.91 Å². The SMILES string of the molecule is CC(C)Oc1ccc(-c2cccc(C3CC(C)(C)c4cc(C(N)=O)ccc4N3)c2)cc1. The van der Waals surface area contributed by atoms with Crippen LogP contribution in [0.3, 0.4) is 0 Å². The maximum Gasteiger partial charge on any atom is 0.248 e. The van der Waals surface area contributed by atoms with Gasteiger partial charge in [0, 0.05) is 11.3 Å². The molecule has 31 heavy (non-hydrogen) atoms. The van der Waals surface area contributed by atoms with E-state index in [1.54, 1.807) is 6.07 Å². The van der Waals surface area contributed by atoms with Crippen molar-refractivity contribution in [1.29, 1.82) is 0 Å². The van der Waals surface area contributed by atoms with Crippen LogP contribution in [0.15, 0.2) is 66.7 Å². The third-order valence-electron chi connectivity index (χ3n) is 5.93. The van der Waals surface area contributed by atoms with Gasteiger partial charge in [0.05, 0.1) is 12.1 Å². The van der Waals surface area contributed by atoms with Crippen LogP contribution >= 0.6 is 0 Å². The molecular formula is C27H30N2O2. The van der Waals surface area contributed by atoms with Gasteiger partial charge in [0.1, 0.15) is 5.75 Å². The summed E-state index contributed by atoms with van der Waals surface area (Å²) in [6, 6.07) is 22.8. The molecule has 3 N–H and O–H groups in total. The second-order valence-electron chi connectivity index (χ2n) is 9.23. The molecule has 0 radical (unpaired) electrons. The minimum absolute atomic E-state index is 0.0808. The molecule has 4 rings (SSSR count). The van der Waals surface area contributed by atoms with E-state index in [2.05, 4.69) is 55.6 Å². The number of nitrogens with two attached hydrogens (primary N) is 1. The van der Waals surface area contributed by atoms with Crippen molar-refractivity contribution in [2.45, 2.75) is 51.7 Å². The molecule has 0 bridgehead atoms. The molecule has 0 saturated heterocycles. The van der Waals surface area contributed by atoms with Crippen LogP contribution in [0.1, 0.15) is 61.6 Å². The first-order chi connectivity index (χ1) is 14.7. The normalized spacial score (nSPS) is 17.0. The van der Waals surface area contributed by atoms with Crippen molar-refractivity contribution in [3.8, 4) is 16.9 Å². The van der Waals surface area contributed by atoms with Crippen LogP contribution in [0.5, 0.6) is 5.75 Å². The summed E-state index contributed by atoms with van der Waals surface area (Å²) in [7, 11) is 0. The number of rotatable bonds is 5. The molecule has 1 atom stereocenters. The van der Waals surface area contributed by atoms with Gasteiger partial charge in [-0.15, -0.1) is 0 Å². The topological polar surface area (TPSA) is 64.3 Å². The standard InChI is InChI=1S/C27H30N2O2/c1-17(2)31-22-11-8-18(9-12-22)19-6-5-7-20(14-19)25-16-27(3,4)23-15-21(26(28)30)10-13-24(23)29-25/h5-15,17,25,29H,16H2,1-4H3,(H2,28,30). The molecule has 0 fully saturated rings. The highest BCUT2D eigenvalue weighted by atomic mass is 16.5. The van der Waals surface area contributed by atoms with Gasteiger partial charge in [-0.2, -0.15) is 0 Å². The number of carbonyl (C=O) groups is 1. The Bertz CT molecular complexity index is 1100. The minimum Gasteiger partial charge on any atom is -0.491 e. The Balaban J connectivity index is 1.62. The molecule has 4 nitrogen and oxygen atoms in total. The summed E-state index contributed by atoms with van der Waals surface area (Å²) >= 11 is 0. The summed E-state index contributed by atoms with van der Waals surface area (Å²) in [6.07, 6.45) is 1.09. The first-order valence-electron chi connectivity index (χ1n) is 10.8. The summed E-state index contributed by atoms with van der Waals surface area (Å²) in [6.45, 7) is 8.51. The van der Waals surface area contributed by atoms with Gasteiger partial charge in [0.25, 0.3) is 0 Å². The van der Waals surface area contributed by atoms with Gasteiger partial charge in [-0.1, -0.05) is 44.2 Å². The van der Waals surface area contributed by atoms with Gasteiger partial charge in [-0.25, -0.2) is 0 Å². The molecular weight excluding hydrogens is 384 g/mol. The van der Waals surface area contributed by atoms with E-state index in [0.29, 0.717) is 5.56 Å². The molecule has 4 heteroatoms. The molecule has 0 aliphatic carbocycles. The van der Waals surface area contributed by atoms with Crippen LogP contribution in [0.25, 0.3) is 11.1 Å². The van der Waals surface area contributed by atoms with E-state index >= 15 is 0 Å². The van der Waals surface area contributed by atoms with Crippen LogP contribution < -0.4 is 15.8 Å². The van der Waals surface area contributed by atoms with Gasteiger partial charge in [0.15, 0.2) is 0 Å². The number of fused-ring (bicyclic) bond motifs is 1. The summed E-state index contributed by atoms with van der Waals surface area (Å²) in [5.74, 6) is 0.496. The number of benzene rings is 3. The van der Waals surface area contributed by atoms with Gasteiger partial charge in [0.2, 0.25) is 5.91 Å². The molecule has 1 unspecified atom stereocenters. The first kappa shape index (κ1) is 21.0. The van der Waals surface area contributed by atoms with Crippen molar-refractivity contribution < 1.29 is 9.53 Å². The van der Waals surface area contributed by atoms with E-state index in [9.17, 15) is 4.79 Å². The highest BCUT2D eigenvalue weighted by molar-refractivity contribution is 5.93. The van der Waals surface area contributed by atoms with Crippen molar-refractivity contribution in [2.24, 2.45) is 5.73 Å². The smallest absolute Gasteiger partial charge is 0.248 e. The van der Waals surface area contributed by atoms with Crippen LogP contribution in [-0.4, -0.2) is 12.0 Å². The Morgan fingerprint density at radius 3 is 2.45 bits per heavy atom. The van der Waals surface area contributed by atoms with Gasteiger partial charge >= 0.3 is 0 Å². The zero-order valence-electron chi connectivity index (χ0n) is 18.6. The Morgan fingerprint density at radius 2 is 1.77 bits per heavy atom. The largest absolute Gasteiger partial charge is 0.491 e. The van der Waals surface area contributed by atoms with Crippen molar-refractivity contribution in [1.82, 2.24) is 0 Å². The second kappa shape index (κ2) is 8.10. The summed E-state index contributed by atoms with van der Waals surface area (Å²) in [4.78, 5) is 11.6. The number of hydrogen-bond acceptors (Lipinski definition) is 3. The van der Waals surface area contributed by atoms with Crippen molar-refractivity contribution in [3.05, 3.63) is 83.4 Å². The molecule has 0 saturated carbocycles. The maximum atomic E-state index is 11.6. The third-order valence-corrected chi connectivity index (χ3v) is 5.93. The lowest BCUT2D eigenvalue weighted by molar-refractivity contribution is 0.1000. The average molecular weight is 415 g/mol. The van der Waals surface area contributed by atoms with Crippen molar-refractivity contribution in [3.63, 3.8) is 0 Å². The highest BCUT2D eigenvalue weighted by Gasteiger charge is 2.34. The number of amides is 1. The molecule has 1 aliphatic rings. The number of carbonyl (C=O) groups excluding carboxylic acids is 1. The van der Waals surface area contributed by atoms with E-state index in [1.165, 1.54) is 16.7 Å². The van der Waals surface area contributed by atoms with Gasteiger partial charge < -0.3 is 15.8 Å². The van der Waals surface area contributed by atoms with Crippen LogP contribution in [0, 0.1) is 0 Å². The zero-order valence-corrected chi connectivity index (χ0v) is 18.6. The van der Waals surface area contributed by atoms with E-state index in [4.69, 9.17) is 10.5 Å².